The molecular formula is C16H16O8. The number of benzene rings is 1. The zero-order valence-corrected chi connectivity index (χ0v) is 12.4. The molecule has 1 aliphatic rings. The average Bonchev–Trinajstić information content (AvgIpc) is 2.52. The molecule has 1 aliphatic carbocycles. The molecule has 128 valence electrons. The number of carbonyl (C=O) groups excluding carboxylic acids is 1. The minimum atomic E-state index is -1.44. The summed E-state index contributed by atoms with van der Waals surface area (Å²) >= 11 is 0. The fourth-order valence-corrected chi connectivity index (χ4v) is 2.20. The number of carbonyl (C=O) groups is 2. The Hall–Kier alpha value is -2.84. The Labute approximate surface area is 136 Å². The third-order valence-corrected chi connectivity index (χ3v) is 3.48. The van der Waals surface area contributed by atoms with Crippen LogP contribution in [0, 0.1) is 0 Å². The van der Waals surface area contributed by atoms with Crippen molar-refractivity contribution in [1.82, 2.24) is 0 Å². The Morgan fingerprint density at radius 2 is 1.88 bits per heavy atom. The minimum Gasteiger partial charge on any atom is -0.504 e. The van der Waals surface area contributed by atoms with Crippen LogP contribution in [0.4, 0.5) is 0 Å². The first-order valence-corrected chi connectivity index (χ1v) is 6.98. The summed E-state index contributed by atoms with van der Waals surface area (Å²) < 4.78 is 4.98. The predicted octanol–water partition coefficient (Wildman–Crippen LogP) is 0.159. The monoisotopic (exact) mass is 336 g/mol. The molecule has 3 unspecified atom stereocenters. The lowest BCUT2D eigenvalue weighted by molar-refractivity contribution is -0.154. The molecule has 1 aromatic carbocycles. The minimum absolute atomic E-state index is 0.155. The van der Waals surface area contributed by atoms with Gasteiger partial charge in [-0.1, -0.05) is 6.07 Å². The van der Waals surface area contributed by atoms with Crippen LogP contribution < -0.4 is 0 Å². The van der Waals surface area contributed by atoms with E-state index in [0.29, 0.717) is 5.56 Å². The number of phenolic OH excluding ortho intramolecular Hbond substituents is 2. The van der Waals surface area contributed by atoms with Gasteiger partial charge < -0.3 is 30.3 Å². The second kappa shape index (κ2) is 7.16. The average molecular weight is 336 g/mol. The first-order valence-electron chi connectivity index (χ1n) is 6.98. The molecule has 0 amide bonds. The van der Waals surface area contributed by atoms with Gasteiger partial charge in [-0.25, -0.2) is 9.59 Å². The highest BCUT2D eigenvalue weighted by Gasteiger charge is 2.35. The number of hydrogen-bond acceptors (Lipinski definition) is 7. The van der Waals surface area contributed by atoms with E-state index in [-0.39, 0.29) is 23.5 Å². The number of rotatable bonds is 4. The number of aliphatic carboxylic acids is 1. The van der Waals surface area contributed by atoms with Gasteiger partial charge in [0.2, 0.25) is 0 Å². The molecule has 24 heavy (non-hydrogen) atoms. The summed E-state index contributed by atoms with van der Waals surface area (Å²) in [6.07, 6.45) is -0.963. The standard InChI is InChI=1S/C16H16O8/c17-10-3-1-8(5-11(10)18)2-4-14(20)24-13-7-9(16(22)23)6-12(19)15(13)21/h1-6,12-13,15,17-19,21H,7H2,(H,22,23)/b4-2-. The molecular weight excluding hydrogens is 320 g/mol. The summed E-state index contributed by atoms with van der Waals surface area (Å²) in [5, 5.41) is 46.9. The van der Waals surface area contributed by atoms with Crippen molar-refractivity contribution in [2.45, 2.75) is 24.7 Å². The number of aliphatic hydroxyl groups is 2. The quantitative estimate of drug-likeness (QED) is 0.297. The summed E-state index contributed by atoms with van der Waals surface area (Å²) in [5.74, 6) is -2.78. The normalized spacial score (nSPS) is 23.8. The van der Waals surface area contributed by atoms with E-state index in [1.807, 2.05) is 0 Å². The number of carboxylic acids is 1. The lowest BCUT2D eigenvalue weighted by Crippen LogP contribution is -2.43. The van der Waals surface area contributed by atoms with Gasteiger partial charge in [-0.2, -0.15) is 0 Å². The van der Waals surface area contributed by atoms with E-state index >= 15 is 0 Å². The highest BCUT2D eigenvalue weighted by Crippen LogP contribution is 2.26. The van der Waals surface area contributed by atoms with Gasteiger partial charge in [-0.15, -0.1) is 0 Å². The maximum absolute atomic E-state index is 11.8. The SMILES string of the molecule is O=C(/C=C\c1ccc(O)c(O)c1)OC1CC(C(=O)O)=CC(O)C1O. The number of ether oxygens (including phenoxy) is 1. The van der Waals surface area contributed by atoms with Crippen LogP contribution in [0.5, 0.6) is 11.5 Å². The van der Waals surface area contributed by atoms with Crippen LogP contribution in [0.25, 0.3) is 6.08 Å². The maximum Gasteiger partial charge on any atom is 0.331 e. The lowest BCUT2D eigenvalue weighted by Gasteiger charge is -2.29. The number of esters is 1. The van der Waals surface area contributed by atoms with Crippen LogP contribution in [0.1, 0.15) is 12.0 Å². The van der Waals surface area contributed by atoms with E-state index < -0.39 is 30.3 Å². The third-order valence-electron chi connectivity index (χ3n) is 3.48. The number of aliphatic hydroxyl groups excluding tert-OH is 2. The van der Waals surface area contributed by atoms with Crippen molar-refractivity contribution in [3.8, 4) is 11.5 Å². The largest absolute Gasteiger partial charge is 0.504 e. The van der Waals surface area contributed by atoms with Crippen LogP contribution in [0.3, 0.4) is 0 Å². The Morgan fingerprint density at radius 3 is 2.50 bits per heavy atom. The summed E-state index contributed by atoms with van der Waals surface area (Å²) in [5.41, 5.74) is 0.260. The van der Waals surface area contributed by atoms with Crippen LogP contribution in [-0.4, -0.2) is 55.8 Å². The van der Waals surface area contributed by atoms with Crippen LogP contribution in [0.2, 0.25) is 0 Å². The molecule has 1 aromatic rings. The van der Waals surface area contributed by atoms with Crippen molar-refractivity contribution in [3.63, 3.8) is 0 Å². The van der Waals surface area contributed by atoms with Gasteiger partial charge in [0.05, 0.1) is 0 Å². The van der Waals surface area contributed by atoms with E-state index in [9.17, 15) is 30.0 Å². The van der Waals surface area contributed by atoms with E-state index in [0.717, 1.165) is 12.2 Å². The van der Waals surface area contributed by atoms with Crippen LogP contribution in [-0.2, 0) is 14.3 Å². The Morgan fingerprint density at radius 1 is 1.17 bits per heavy atom. The number of phenols is 2. The van der Waals surface area contributed by atoms with Gasteiger partial charge in [0.25, 0.3) is 0 Å². The molecule has 2 rings (SSSR count). The first kappa shape index (κ1) is 17.5. The highest BCUT2D eigenvalue weighted by atomic mass is 16.6. The van der Waals surface area contributed by atoms with Crippen LogP contribution in [0.15, 0.2) is 35.9 Å². The Kier molecular flexibility index (Phi) is 5.22. The number of hydrogen-bond donors (Lipinski definition) is 5. The summed E-state index contributed by atoms with van der Waals surface area (Å²) in [7, 11) is 0. The van der Waals surface area contributed by atoms with Crippen LogP contribution >= 0.6 is 0 Å². The zero-order valence-electron chi connectivity index (χ0n) is 12.4. The number of carboxylic acid groups (broad SMARTS) is 1. The molecule has 0 bridgehead atoms. The smallest absolute Gasteiger partial charge is 0.331 e. The molecule has 0 aliphatic heterocycles. The van der Waals surface area contributed by atoms with Gasteiger partial charge in [-0.05, 0) is 29.8 Å². The molecule has 0 fully saturated rings. The molecule has 0 spiro atoms. The molecule has 0 aromatic heterocycles. The van der Waals surface area contributed by atoms with E-state index in [2.05, 4.69) is 0 Å². The van der Waals surface area contributed by atoms with Gasteiger partial charge in [0.15, 0.2) is 11.5 Å². The van der Waals surface area contributed by atoms with Crippen molar-refractivity contribution in [3.05, 3.63) is 41.5 Å². The first-order chi connectivity index (χ1) is 11.3. The predicted molar refractivity (Wildman–Crippen MR) is 81.0 cm³/mol. The zero-order chi connectivity index (χ0) is 17.9. The second-order valence-electron chi connectivity index (χ2n) is 5.24. The maximum atomic E-state index is 11.8. The molecule has 0 heterocycles. The molecule has 8 nitrogen and oxygen atoms in total. The van der Waals surface area contributed by atoms with E-state index in [4.69, 9.17) is 9.84 Å². The van der Waals surface area contributed by atoms with Gasteiger partial charge in [0.1, 0.15) is 18.3 Å². The second-order valence-corrected chi connectivity index (χ2v) is 5.24. The summed E-state index contributed by atoms with van der Waals surface area (Å²) in [6.45, 7) is 0. The van der Waals surface area contributed by atoms with E-state index in [1.54, 1.807) is 0 Å². The van der Waals surface area contributed by atoms with Crippen molar-refractivity contribution in [2.24, 2.45) is 0 Å². The Balaban J connectivity index is 2.03. The van der Waals surface area contributed by atoms with Gasteiger partial charge in [-0.3, -0.25) is 0 Å². The van der Waals surface area contributed by atoms with E-state index in [1.165, 1.54) is 24.3 Å². The highest BCUT2D eigenvalue weighted by molar-refractivity contribution is 5.88. The fourth-order valence-electron chi connectivity index (χ4n) is 2.20. The number of aromatic hydroxyl groups is 2. The van der Waals surface area contributed by atoms with Crippen molar-refractivity contribution >= 4 is 18.0 Å². The van der Waals surface area contributed by atoms with Gasteiger partial charge >= 0.3 is 11.9 Å². The Bertz CT molecular complexity index is 706. The molecule has 0 radical (unpaired) electrons. The van der Waals surface area contributed by atoms with Gasteiger partial charge in [0, 0.05) is 18.1 Å². The third kappa shape index (κ3) is 4.12. The van der Waals surface area contributed by atoms with Crippen molar-refractivity contribution in [1.29, 1.82) is 0 Å². The van der Waals surface area contributed by atoms with Crippen molar-refractivity contribution in [2.75, 3.05) is 0 Å². The molecule has 5 N–H and O–H groups in total. The summed E-state index contributed by atoms with van der Waals surface area (Å²) in [6, 6.07) is 3.92. The fraction of sp³-hybridized carbons (Fsp3) is 0.250. The summed E-state index contributed by atoms with van der Waals surface area (Å²) in [4.78, 5) is 22.7. The lowest BCUT2D eigenvalue weighted by atomic mass is 9.92. The molecule has 3 atom stereocenters. The van der Waals surface area contributed by atoms with Crippen molar-refractivity contribution < 1.29 is 39.9 Å². The molecule has 0 saturated heterocycles. The molecule has 0 saturated carbocycles. The molecule has 8 heteroatoms. The topological polar surface area (TPSA) is 145 Å².